The van der Waals surface area contributed by atoms with Gasteiger partial charge in [0.05, 0.1) is 19.6 Å². The summed E-state index contributed by atoms with van der Waals surface area (Å²) in [5, 5.41) is 0. The van der Waals surface area contributed by atoms with Crippen molar-refractivity contribution in [2.75, 3.05) is 19.7 Å². The van der Waals surface area contributed by atoms with E-state index in [2.05, 4.69) is 4.98 Å². The zero-order valence-corrected chi connectivity index (χ0v) is 10.8. The molecule has 1 aliphatic rings. The third kappa shape index (κ3) is 3.08. The maximum Gasteiger partial charge on any atom is 0.251 e. The largest absolute Gasteiger partial charge is 0.367 e. The molecule has 0 bridgehead atoms. The molecule has 1 fully saturated rings. The number of pyridine rings is 1. The summed E-state index contributed by atoms with van der Waals surface area (Å²) in [4.78, 5) is 29.1. The van der Waals surface area contributed by atoms with Crippen molar-refractivity contribution in [3.8, 4) is 0 Å². The minimum absolute atomic E-state index is 0.0521. The molecular weight excluding hydrogens is 246 g/mol. The molecule has 6 nitrogen and oxygen atoms in total. The summed E-state index contributed by atoms with van der Waals surface area (Å²) in [5.41, 5.74) is 5.06. The minimum atomic E-state index is -1.09. The molecule has 1 saturated heterocycles. The Balaban J connectivity index is 2.02. The summed E-state index contributed by atoms with van der Waals surface area (Å²) in [5.74, 6) is -0.602. The first-order valence-electron chi connectivity index (χ1n) is 6.12. The number of hydrogen-bond acceptors (Lipinski definition) is 4. The van der Waals surface area contributed by atoms with Gasteiger partial charge in [-0.15, -0.1) is 0 Å². The van der Waals surface area contributed by atoms with Crippen molar-refractivity contribution < 1.29 is 14.3 Å². The third-order valence-electron chi connectivity index (χ3n) is 3.23. The first-order valence-corrected chi connectivity index (χ1v) is 6.12. The Morgan fingerprint density at radius 2 is 2.37 bits per heavy atom. The molecule has 0 saturated carbocycles. The van der Waals surface area contributed by atoms with E-state index in [-0.39, 0.29) is 18.9 Å². The van der Waals surface area contributed by atoms with E-state index >= 15 is 0 Å². The first-order chi connectivity index (χ1) is 9.01. The number of aromatic nitrogens is 1. The summed E-state index contributed by atoms with van der Waals surface area (Å²) in [7, 11) is 0. The molecule has 2 heterocycles. The van der Waals surface area contributed by atoms with Crippen LogP contribution in [0.2, 0.25) is 0 Å². The maximum absolute atomic E-state index is 12.2. The van der Waals surface area contributed by atoms with Crippen LogP contribution >= 0.6 is 0 Å². The van der Waals surface area contributed by atoms with E-state index in [4.69, 9.17) is 10.5 Å². The molecule has 2 rings (SSSR count). The highest BCUT2D eigenvalue weighted by molar-refractivity contribution is 5.85. The number of nitrogens with two attached hydrogens (primary N) is 1. The molecule has 1 unspecified atom stereocenters. The van der Waals surface area contributed by atoms with Gasteiger partial charge in [-0.25, -0.2) is 0 Å². The van der Waals surface area contributed by atoms with Gasteiger partial charge in [-0.3, -0.25) is 14.6 Å². The van der Waals surface area contributed by atoms with Crippen LogP contribution in [0.1, 0.15) is 12.5 Å². The molecule has 1 aromatic heterocycles. The number of amides is 2. The van der Waals surface area contributed by atoms with E-state index in [1.807, 2.05) is 6.07 Å². The highest BCUT2D eigenvalue weighted by atomic mass is 16.5. The molecule has 0 radical (unpaired) electrons. The Bertz CT molecular complexity index is 477. The van der Waals surface area contributed by atoms with E-state index < -0.39 is 11.5 Å². The lowest BCUT2D eigenvalue weighted by Crippen LogP contribution is -2.58. The topological polar surface area (TPSA) is 85.5 Å². The SMILES string of the molecule is CC1(C(N)=O)CN(C(=O)Cc2cccnc2)CCO1. The van der Waals surface area contributed by atoms with Gasteiger partial charge in [-0.05, 0) is 18.6 Å². The van der Waals surface area contributed by atoms with Crippen molar-refractivity contribution in [3.05, 3.63) is 30.1 Å². The van der Waals surface area contributed by atoms with Crippen molar-refractivity contribution >= 4 is 11.8 Å². The third-order valence-corrected chi connectivity index (χ3v) is 3.23. The van der Waals surface area contributed by atoms with Gasteiger partial charge < -0.3 is 15.4 Å². The summed E-state index contributed by atoms with van der Waals surface area (Å²) in [6.07, 6.45) is 3.58. The van der Waals surface area contributed by atoms with Gasteiger partial charge in [0.2, 0.25) is 5.91 Å². The van der Waals surface area contributed by atoms with Crippen molar-refractivity contribution in [1.82, 2.24) is 9.88 Å². The van der Waals surface area contributed by atoms with Crippen molar-refractivity contribution in [2.45, 2.75) is 18.9 Å². The Hall–Kier alpha value is -1.95. The molecule has 19 heavy (non-hydrogen) atoms. The molecule has 0 spiro atoms. The molecule has 1 atom stereocenters. The Morgan fingerprint density at radius 3 is 3.00 bits per heavy atom. The molecule has 0 aliphatic carbocycles. The molecule has 2 N–H and O–H groups in total. The molecular formula is C13H17N3O3. The number of carbonyl (C=O) groups is 2. The lowest BCUT2D eigenvalue weighted by molar-refractivity contribution is -0.160. The first kappa shape index (κ1) is 13.5. The van der Waals surface area contributed by atoms with E-state index in [1.54, 1.807) is 30.3 Å². The zero-order valence-electron chi connectivity index (χ0n) is 10.8. The van der Waals surface area contributed by atoms with Crippen LogP contribution in [0.5, 0.6) is 0 Å². The van der Waals surface area contributed by atoms with E-state index in [1.165, 1.54) is 0 Å². The molecule has 6 heteroatoms. The Morgan fingerprint density at radius 1 is 1.58 bits per heavy atom. The fraction of sp³-hybridized carbons (Fsp3) is 0.462. The molecule has 1 aliphatic heterocycles. The molecule has 2 amide bonds. The van der Waals surface area contributed by atoms with Gasteiger partial charge >= 0.3 is 0 Å². The molecule has 102 valence electrons. The lowest BCUT2D eigenvalue weighted by atomic mass is 10.0. The number of carbonyl (C=O) groups excluding carboxylic acids is 2. The average molecular weight is 263 g/mol. The number of primary amides is 1. The van der Waals surface area contributed by atoms with E-state index in [9.17, 15) is 9.59 Å². The lowest BCUT2D eigenvalue weighted by Gasteiger charge is -2.38. The van der Waals surface area contributed by atoms with Crippen LogP contribution in [0, 0.1) is 0 Å². The predicted octanol–water partition coefficient (Wildman–Crippen LogP) is -0.273. The molecule has 1 aromatic rings. The van der Waals surface area contributed by atoms with Gasteiger partial charge in [-0.1, -0.05) is 6.07 Å². The normalized spacial score (nSPS) is 23.1. The number of rotatable bonds is 3. The highest BCUT2D eigenvalue weighted by Gasteiger charge is 2.39. The van der Waals surface area contributed by atoms with E-state index in [0.29, 0.717) is 13.2 Å². The minimum Gasteiger partial charge on any atom is -0.367 e. The van der Waals surface area contributed by atoms with Crippen LogP contribution in [0.15, 0.2) is 24.5 Å². The highest BCUT2D eigenvalue weighted by Crippen LogP contribution is 2.18. The standard InChI is InChI=1S/C13H17N3O3/c1-13(12(14)18)9-16(5-6-19-13)11(17)7-10-3-2-4-15-8-10/h2-4,8H,5-7,9H2,1H3,(H2,14,18). The summed E-state index contributed by atoms with van der Waals surface area (Å²) >= 11 is 0. The average Bonchev–Trinajstić information content (AvgIpc) is 2.40. The van der Waals surface area contributed by atoms with Gasteiger partial charge in [0, 0.05) is 18.9 Å². The van der Waals surface area contributed by atoms with Crippen molar-refractivity contribution in [3.63, 3.8) is 0 Å². The second-order valence-electron chi connectivity index (χ2n) is 4.80. The van der Waals surface area contributed by atoms with Crippen LogP contribution in [0.4, 0.5) is 0 Å². The molecule has 0 aromatic carbocycles. The summed E-state index contributed by atoms with van der Waals surface area (Å²) in [6.45, 7) is 2.60. The van der Waals surface area contributed by atoms with Gasteiger partial charge in [-0.2, -0.15) is 0 Å². The number of hydrogen-bond donors (Lipinski definition) is 1. The zero-order chi connectivity index (χ0) is 13.9. The van der Waals surface area contributed by atoms with Crippen molar-refractivity contribution in [2.24, 2.45) is 5.73 Å². The predicted molar refractivity (Wildman–Crippen MR) is 68.1 cm³/mol. The van der Waals surface area contributed by atoms with Gasteiger partial charge in [0.15, 0.2) is 5.60 Å². The summed E-state index contributed by atoms with van der Waals surface area (Å²) in [6, 6.07) is 3.63. The summed E-state index contributed by atoms with van der Waals surface area (Å²) < 4.78 is 5.38. The van der Waals surface area contributed by atoms with Crippen LogP contribution in [-0.4, -0.2) is 47.0 Å². The van der Waals surface area contributed by atoms with Crippen LogP contribution in [0.3, 0.4) is 0 Å². The fourth-order valence-corrected chi connectivity index (χ4v) is 2.02. The van der Waals surface area contributed by atoms with E-state index in [0.717, 1.165) is 5.56 Å². The Kier molecular flexibility index (Phi) is 3.80. The van der Waals surface area contributed by atoms with Crippen LogP contribution < -0.4 is 5.73 Å². The fourth-order valence-electron chi connectivity index (χ4n) is 2.02. The van der Waals surface area contributed by atoms with Crippen LogP contribution in [-0.2, 0) is 20.7 Å². The van der Waals surface area contributed by atoms with Crippen LogP contribution in [0.25, 0.3) is 0 Å². The second kappa shape index (κ2) is 5.36. The number of ether oxygens (including phenoxy) is 1. The van der Waals surface area contributed by atoms with Gasteiger partial charge in [0.25, 0.3) is 5.91 Å². The van der Waals surface area contributed by atoms with Crippen molar-refractivity contribution in [1.29, 1.82) is 0 Å². The number of nitrogens with zero attached hydrogens (tertiary/aromatic N) is 2. The smallest absolute Gasteiger partial charge is 0.251 e. The second-order valence-corrected chi connectivity index (χ2v) is 4.80. The Labute approximate surface area is 111 Å². The maximum atomic E-state index is 12.2. The number of morpholine rings is 1. The van der Waals surface area contributed by atoms with Gasteiger partial charge in [0.1, 0.15) is 0 Å². The monoisotopic (exact) mass is 263 g/mol. The quantitative estimate of drug-likeness (QED) is 0.813.